The molecule has 3 aromatic carbocycles. The predicted octanol–water partition coefficient (Wildman–Crippen LogP) is 2.63. The molecule has 8 amide bonds. The van der Waals surface area contributed by atoms with Crippen LogP contribution in [0.5, 0.6) is 0 Å². The molecule has 85 heavy (non-hydrogen) atoms. The van der Waals surface area contributed by atoms with Gasteiger partial charge in [-0.15, -0.1) is 0 Å². The molecule has 0 saturated heterocycles. The number of carbonyl (C=O) groups is 9. The summed E-state index contributed by atoms with van der Waals surface area (Å²) >= 11 is 0. The van der Waals surface area contributed by atoms with Gasteiger partial charge in [0.05, 0.1) is 74.6 Å². The van der Waals surface area contributed by atoms with Crippen LogP contribution < -0.4 is 37.5 Å². The van der Waals surface area contributed by atoms with E-state index in [-0.39, 0.29) is 100 Å². The molecule has 0 radical (unpaired) electrons. The Hall–Kier alpha value is -9.00. The van der Waals surface area contributed by atoms with Crippen LogP contribution in [0.15, 0.2) is 83.7 Å². The number of unbranched alkanes of at least 4 members (excludes halogenated alkanes) is 2. The molecule has 9 rings (SSSR count). The maximum Gasteiger partial charge on any atom is 0.343 e. The molecular formula is C61H67FN10O13. The fourth-order valence-corrected chi connectivity index (χ4v) is 11.3. The van der Waals surface area contributed by atoms with E-state index in [0.717, 1.165) is 32.5 Å². The van der Waals surface area contributed by atoms with Gasteiger partial charge in [-0.05, 0) is 92.0 Å². The van der Waals surface area contributed by atoms with Gasteiger partial charge in [-0.25, -0.2) is 14.2 Å². The van der Waals surface area contributed by atoms with Gasteiger partial charge >= 0.3 is 5.97 Å². The Kier molecular flexibility index (Phi) is 19.0. The van der Waals surface area contributed by atoms with E-state index < -0.39 is 71.7 Å². The smallest absolute Gasteiger partial charge is 0.343 e. The third-order valence-corrected chi connectivity index (χ3v) is 15.8. The van der Waals surface area contributed by atoms with Crippen LogP contribution in [0.3, 0.4) is 0 Å². The molecule has 5 heterocycles. The monoisotopic (exact) mass is 1170 g/mol. The van der Waals surface area contributed by atoms with Crippen molar-refractivity contribution < 1.29 is 62.1 Å². The topological polar surface area (TPSA) is 306 Å². The van der Waals surface area contributed by atoms with Crippen molar-refractivity contribution in [2.45, 2.75) is 110 Å². The number of nitrogens with zero attached hydrogens (tertiary/aromatic N) is 4. The number of hydrogen-bond donors (Lipinski definition) is 7. The fraction of sp³-hybridized carbons (Fsp3) is 0.393. The summed E-state index contributed by atoms with van der Waals surface area (Å²) in [4.78, 5) is 136. The lowest BCUT2D eigenvalue weighted by Crippen LogP contribution is -2.52. The van der Waals surface area contributed by atoms with Crippen molar-refractivity contribution in [1.82, 2.24) is 45.9 Å². The van der Waals surface area contributed by atoms with E-state index >= 15 is 4.39 Å². The lowest BCUT2D eigenvalue weighted by atomic mass is 9.81. The van der Waals surface area contributed by atoms with E-state index in [1.807, 2.05) is 6.92 Å². The number of ether oxygens (including phenoxy) is 2. The highest BCUT2D eigenvalue weighted by Gasteiger charge is 2.46. The maximum absolute atomic E-state index is 15.5. The number of rotatable bonds is 26. The molecule has 3 atom stereocenters. The zero-order chi connectivity index (χ0) is 60.5. The highest BCUT2D eigenvalue weighted by molar-refractivity contribution is 6.12. The predicted molar refractivity (Wildman–Crippen MR) is 306 cm³/mol. The molecule has 2 aromatic heterocycles. The first kappa shape index (κ1) is 60.6. The molecule has 0 saturated carbocycles. The van der Waals surface area contributed by atoms with E-state index in [4.69, 9.17) is 14.5 Å². The number of likely N-dealkylation sites (N-methyl/N-ethyl adjacent to an activating group) is 1. The van der Waals surface area contributed by atoms with Crippen molar-refractivity contribution in [2.75, 3.05) is 51.3 Å². The van der Waals surface area contributed by atoms with Crippen molar-refractivity contribution >= 4 is 69.8 Å². The summed E-state index contributed by atoms with van der Waals surface area (Å²) in [7, 11) is 0. The Morgan fingerprint density at radius 1 is 0.835 bits per heavy atom. The van der Waals surface area contributed by atoms with Gasteiger partial charge in [-0.2, -0.15) is 0 Å². The molecule has 0 unspecified atom stereocenters. The van der Waals surface area contributed by atoms with Gasteiger partial charge in [-0.3, -0.25) is 53.4 Å². The number of benzene rings is 3. The molecular weight excluding hydrogens is 1100 g/mol. The lowest BCUT2D eigenvalue weighted by Gasteiger charge is -2.37. The molecule has 3 aliphatic heterocycles. The average molecular weight is 1170 g/mol. The van der Waals surface area contributed by atoms with Crippen LogP contribution in [-0.2, 0) is 90.8 Å². The van der Waals surface area contributed by atoms with Crippen LogP contribution in [0.1, 0.15) is 103 Å². The van der Waals surface area contributed by atoms with Crippen LogP contribution in [0.4, 0.5) is 10.1 Å². The Morgan fingerprint density at radius 3 is 2.28 bits per heavy atom. The van der Waals surface area contributed by atoms with Gasteiger partial charge in [0.2, 0.25) is 35.4 Å². The van der Waals surface area contributed by atoms with Crippen molar-refractivity contribution in [2.24, 2.45) is 0 Å². The summed E-state index contributed by atoms with van der Waals surface area (Å²) in [5.41, 5.74) is 3.76. The van der Waals surface area contributed by atoms with Gasteiger partial charge < -0.3 is 50.6 Å². The SMILES string of the molecule is CCN(C(=O)CNCOCc1ccc(NC(=O)CNC(=O)[C@H](Cc2ccccc2)NC(=O)CNC(=O)CNC(=O)CCCCCN2C(=O)C=CC2=O)cc1)[C@H]1CCc2c(C)c(F)cc3nc4c(c1c23)Cn1c-4cc2c(c1=O)COC(=O)[C@]2(O)CC. The number of anilines is 1. The van der Waals surface area contributed by atoms with Crippen LogP contribution in [0.2, 0.25) is 0 Å². The number of aromatic nitrogens is 2. The molecule has 23 nitrogen and oxygen atoms in total. The standard InChI is InChI=1S/C61H67FN10O13/c1-4-61(83)42-25-47-57-40(31-72(47)59(81)41(42)33-85-60(61)82)56-46(20-19-39-35(3)43(62)26-44(69-57)55(39)56)70(5-2)54(79)30-63-34-84-32-37-15-17-38(18-16-37)67-50(75)29-66-58(80)45(24-36-12-8-6-9-13-36)68-51(76)28-65-49(74)27-64-48(73)14-10-7-11-23-71-52(77)21-22-53(71)78/h6,8-9,12-13,15-18,21-22,25-26,45-46,63,83H,4-5,7,10-11,14,19-20,23-24,27-34H2,1-3H3,(H,64,73)(H,65,74)(H,66,80)(H,67,75)(H,68,76)/t45-,46-,61-/m0/s1. The van der Waals surface area contributed by atoms with Crippen molar-refractivity contribution in [3.63, 3.8) is 0 Å². The fourth-order valence-electron chi connectivity index (χ4n) is 11.3. The summed E-state index contributed by atoms with van der Waals surface area (Å²) in [6.45, 7) is 4.43. The summed E-state index contributed by atoms with van der Waals surface area (Å²) in [6.07, 6.45) is 5.14. The van der Waals surface area contributed by atoms with Gasteiger partial charge in [-0.1, -0.05) is 55.8 Å². The summed E-state index contributed by atoms with van der Waals surface area (Å²) < 4.78 is 28.2. The first-order valence-corrected chi connectivity index (χ1v) is 28.3. The highest BCUT2D eigenvalue weighted by Crippen LogP contribution is 2.47. The van der Waals surface area contributed by atoms with Crippen molar-refractivity contribution in [1.29, 1.82) is 0 Å². The summed E-state index contributed by atoms with van der Waals surface area (Å²) in [6, 6.07) is 17.1. The molecule has 1 aliphatic carbocycles. The summed E-state index contributed by atoms with van der Waals surface area (Å²) in [5, 5.41) is 28.1. The number of nitrogens with one attached hydrogen (secondary N) is 6. The Bertz CT molecular complexity index is 3550. The summed E-state index contributed by atoms with van der Waals surface area (Å²) in [5.74, 6) is -5.10. The minimum absolute atomic E-state index is 0.0140. The molecule has 0 fully saturated rings. The largest absolute Gasteiger partial charge is 0.458 e. The van der Waals surface area contributed by atoms with Crippen molar-refractivity contribution in [3.8, 4) is 11.4 Å². The van der Waals surface area contributed by atoms with Crippen LogP contribution >= 0.6 is 0 Å². The zero-order valence-electron chi connectivity index (χ0n) is 47.4. The number of aryl methyl sites for hydroxylation is 1. The Balaban J connectivity index is 0.724. The van der Waals surface area contributed by atoms with Gasteiger partial charge in [0.15, 0.2) is 5.60 Å². The molecule has 7 N–H and O–H groups in total. The number of imide groups is 1. The molecule has 446 valence electrons. The minimum atomic E-state index is -2.03. The molecule has 5 aromatic rings. The van der Waals surface area contributed by atoms with E-state index in [1.165, 1.54) is 22.8 Å². The quantitative estimate of drug-likeness (QED) is 0.0178. The van der Waals surface area contributed by atoms with Gasteiger partial charge in [0.25, 0.3) is 17.4 Å². The first-order valence-electron chi connectivity index (χ1n) is 28.3. The second-order valence-corrected chi connectivity index (χ2v) is 21.3. The zero-order valence-corrected chi connectivity index (χ0v) is 47.4. The van der Waals surface area contributed by atoms with E-state index in [0.29, 0.717) is 72.4 Å². The van der Waals surface area contributed by atoms with Gasteiger partial charge in [0.1, 0.15) is 18.5 Å². The van der Waals surface area contributed by atoms with Crippen LogP contribution in [-0.4, -0.2) is 130 Å². The number of esters is 1. The van der Waals surface area contributed by atoms with E-state index in [1.54, 1.807) is 79.4 Å². The minimum Gasteiger partial charge on any atom is -0.458 e. The number of halogens is 1. The van der Waals surface area contributed by atoms with E-state index in [9.17, 15) is 53.1 Å². The number of cyclic esters (lactones) is 1. The van der Waals surface area contributed by atoms with Crippen LogP contribution in [0, 0.1) is 12.7 Å². The number of pyridine rings is 2. The van der Waals surface area contributed by atoms with E-state index in [2.05, 4.69) is 31.9 Å². The second-order valence-electron chi connectivity index (χ2n) is 21.3. The number of aliphatic hydroxyl groups is 1. The number of carbonyl (C=O) groups excluding carboxylic acids is 9. The third kappa shape index (κ3) is 13.5. The highest BCUT2D eigenvalue weighted by atomic mass is 19.1. The molecule has 4 aliphatic rings. The number of hydrogen-bond acceptors (Lipinski definition) is 15. The third-order valence-electron chi connectivity index (χ3n) is 15.8. The van der Waals surface area contributed by atoms with Crippen molar-refractivity contribution in [3.05, 3.63) is 140 Å². The average Bonchev–Trinajstić information content (AvgIpc) is 1.76. The van der Waals surface area contributed by atoms with Gasteiger partial charge in [0, 0.05) is 66.4 Å². The Morgan fingerprint density at radius 2 is 1.55 bits per heavy atom. The number of amides is 8. The maximum atomic E-state index is 15.5. The van der Waals surface area contributed by atoms with Crippen LogP contribution in [0.25, 0.3) is 22.3 Å². The second kappa shape index (κ2) is 26.7. The first-order chi connectivity index (χ1) is 40.9. The number of fused-ring (bicyclic) bond motifs is 5. The molecule has 24 heteroatoms. The Labute approximate surface area is 488 Å². The molecule has 0 bridgehead atoms. The normalized spacial score (nSPS) is 16.7. The lowest BCUT2D eigenvalue weighted by molar-refractivity contribution is -0.172. The molecule has 0 spiro atoms.